The maximum Gasteiger partial charge on any atom is 0.244 e. The molecule has 0 unspecified atom stereocenters. The van der Waals surface area contributed by atoms with Gasteiger partial charge in [0.05, 0.1) is 11.0 Å². The molecule has 4 rings (SSSR count). The Kier molecular flexibility index (Phi) is 5.04. The van der Waals surface area contributed by atoms with E-state index in [2.05, 4.69) is 28.2 Å². The smallest absolute Gasteiger partial charge is 0.244 e. The summed E-state index contributed by atoms with van der Waals surface area (Å²) in [4.78, 5) is 19.5. The Bertz CT molecular complexity index is 1180. The molecule has 1 N–H and O–H groups in total. The number of amides is 1. The zero-order valence-electron chi connectivity index (χ0n) is 16.6. The number of rotatable bonds is 6. The van der Waals surface area contributed by atoms with Crippen molar-refractivity contribution in [2.75, 3.05) is 29.6 Å². The minimum atomic E-state index is -3.28. The van der Waals surface area contributed by atoms with Crippen molar-refractivity contribution in [2.24, 2.45) is 0 Å². The second-order valence-electron chi connectivity index (χ2n) is 7.39. The van der Waals surface area contributed by atoms with E-state index in [-0.39, 0.29) is 18.2 Å². The first-order valence-electron chi connectivity index (χ1n) is 9.63. The molecule has 0 aliphatic carbocycles. The lowest BCUT2D eigenvalue weighted by Crippen LogP contribution is -2.22. The van der Waals surface area contributed by atoms with Crippen molar-refractivity contribution in [1.29, 1.82) is 0 Å². The maximum absolute atomic E-state index is 12.8. The number of para-hydroxylation sites is 2. The van der Waals surface area contributed by atoms with Gasteiger partial charge in [-0.15, -0.1) is 0 Å². The molecule has 0 bridgehead atoms. The lowest BCUT2D eigenvalue weighted by atomic mass is 10.1. The summed E-state index contributed by atoms with van der Waals surface area (Å²) < 4.78 is 25.3. The minimum Gasteiger partial charge on any atom is -0.371 e. The Balaban J connectivity index is 1.59. The van der Waals surface area contributed by atoms with Crippen molar-refractivity contribution >= 4 is 38.2 Å². The number of hydrogen-bond acceptors (Lipinski definition) is 5. The number of carbonyl (C=O) groups excluding carboxylic acids is 1. The summed E-state index contributed by atoms with van der Waals surface area (Å²) in [5, 5.41) is 2.95. The van der Waals surface area contributed by atoms with Crippen molar-refractivity contribution in [1.82, 2.24) is 9.55 Å². The van der Waals surface area contributed by atoms with Crippen molar-refractivity contribution in [3.8, 4) is 0 Å². The molecule has 2 heterocycles. The highest BCUT2D eigenvalue weighted by Crippen LogP contribution is 2.30. The fraction of sp³-hybridized carbons (Fsp3) is 0.333. The van der Waals surface area contributed by atoms with E-state index in [4.69, 9.17) is 0 Å². The van der Waals surface area contributed by atoms with E-state index in [1.165, 1.54) is 11.8 Å². The van der Waals surface area contributed by atoms with E-state index in [0.29, 0.717) is 11.3 Å². The van der Waals surface area contributed by atoms with E-state index < -0.39 is 9.84 Å². The molecule has 8 heteroatoms. The van der Waals surface area contributed by atoms with Crippen LogP contribution in [0.4, 0.5) is 11.4 Å². The van der Waals surface area contributed by atoms with Crippen molar-refractivity contribution < 1.29 is 13.2 Å². The third-order valence-corrected chi connectivity index (χ3v) is 5.95. The number of imidazole rings is 1. The van der Waals surface area contributed by atoms with Gasteiger partial charge < -0.3 is 14.8 Å². The van der Waals surface area contributed by atoms with Crippen molar-refractivity contribution in [3.63, 3.8) is 0 Å². The Morgan fingerprint density at radius 3 is 2.76 bits per heavy atom. The summed E-state index contributed by atoms with van der Waals surface area (Å²) >= 11 is 0. The summed E-state index contributed by atoms with van der Waals surface area (Å²) in [6.45, 7) is 4.05. The highest BCUT2D eigenvalue weighted by molar-refractivity contribution is 7.89. The van der Waals surface area contributed by atoms with Crippen LogP contribution >= 0.6 is 0 Å². The topological polar surface area (TPSA) is 84.3 Å². The van der Waals surface area contributed by atoms with Crippen LogP contribution in [-0.4, -0.2) is 43.2 Å². The van der Waals surface area contributed by atoms with Crippen molar-refractivity contribution in [3.05, 3.63) is 53.9 Å². The summed E-state index contributed by atoms with van der Waals surface area (Å²) in [5.74, 6) is -0.0573. The van der Waals surface area contributed by atoms with Crippen LogP contribution in [0.5, 0.6) is 0 Å². The molecule has 0 radical (unpaired) electrons. The number of nitrogens with one attached hydrogen (secondary N) is 1. The van der Waals surface area contributed by atoms with Gasteiger partial charge in [0.1, 0.15) is 18.1 Å². The zero-order valence-corrected chi connectivity index (χ0v) is 17.4. The van der Waals surface area contributed by atoms with Crippen molar-refractivity contribution in [2.45, 2.75) is 25.6 Å². The van der Waals surface area contributed by atoms with E-state index in [0.717, 1.165) is 36.4 Å². The Morgan fingerprint density at radius 1 is 1.21 bits per heavy atom. The molecule has 1 amide bonds. The molecule has 0 atom stereocenters. The van der Waals surface area contributed by atoms with E-state index in [9.17, 15) is 13.2 Å². The number of likely N-dealkylation sites (N-methyl/N-ethyl adjacent to an activating group) is 1. The van der Waals surface area contributed by atoms with Crippen LogP contribution in [0.1, 0.15) is 18.3 Å². The van der Waals surface area contributed by atoms with Gasteiger partial charge >= 0.3 is 0 Å². The minimum absolute atomic E-state index is 0.0000561. The van der Waals surface area contributed by atoms with Gasteiger partial charge in [-0.2, -0.15) is 0 Å². The normalized spacial score (nSPS) is 13.7. The van der Waals surface area contributed by atoms with Gasteiger partial charge in [0.25, 0.3) is 0 Å². The number of aromatic nitrogens is 2. The molecule has 0 spiro atoms. The van der Waals surface area contributed by atoms with E-state index in [1.807, 2.05) is 36.4 Å². The standard InChI is InChI=1S/C21H24N4O3S/c1-3-24-11-10-15-8-9-16(12-19(15)24)22-21(26)13-25-18-7-5-4-6-17(18)23-20(25)14-29(2,27)28/h4-9,12H,3,10-11,13-14H2,1-2H3,(H,22,26). The molecule has 1 aromatic heterocycles. The predicted octanol–water partition coefficient (Wildman–Crippen LogP) is 2.60. The highest BCUT2D eigenvalue weighted by Gasteiger charge is 2.20. The maximum atomic E-state index is 12.8. The lowest BCUT2D eigenvalue weighted by Gasteiger charge is -2.17. The highest BCUT2D eigenvalue weighted by atomic mass is 32.2. The Morgan fingerprint density at radius 2 is 2.00 bits per heavy atom. The molecule has 3 aromatic rings. The average molecular weight is 413 g/mol. The molecule has 0 saturated heterocycles. The Labute approximate surface area is 170 Å². The number of carbonyl (C=O) groups is 1. The summed E-state index contributed by atoms with van der Waals surface area (Å²) in [6, 6.07) is 13.3. The van der Waals surface area contributed by atoms with Crippen LogP contribution in [0.3, 0.4) is 0 Å². The van der Waals surface area contributed by atoms with Gasteiger partial charge in [0, 0.05) is 30.7 Å². The number of sulfone groups is 1. The first kappa shape index (κ1) is 19.4. The van der Waals surface area contributed by atoms with Gasteiger partial charge in [-0.25, -0.2) is 13.4 Å². The number of hydrogen-bond donors (Lipinski definition) is 1. The second kappa shape index (κ2) is 7.51. The Hall–Kier alpha value is -2.87. The molecule has 29 heavy (non-hydrogen) atoms. The second-order valence-corrected chi connectivity index (χ2v) is 9.53. The van der Waals surface area contributed by atoms with E-state index >= 15 is 0 Å². The molecule has 2 aromatic carbocycles. The first-order chi connectivity index (χ1) is 13.8. The van der Waals surface area contributed by atoms with Gasteiger partial charge in [-0.1, -0.05) is 18.2 Å². The summed E-state index contributed by atoms with van der Waals surface area (Å²) in [7, 11) is -3.28. The predicted molar refractivity (Wildman–Crippen MR) is 115 cm³/mol. The number of anilines is 2. The van der Waals surface area contributed by atoms with Gasteiger partial charge in [0.15, 0.2) is 9.84 Å². The third-order valence-electron chi connectivity index (χ3n) is 5.17. The fourth-order valence-electron chi connectivity index (χ4n) is 3.84. The van der Waals surface area contributed by atoms with Gasteiger partial charge in [-0.05, 0) is 43.2 Å². The molecular formula is C21H24N4O3S. The van der Waals surface area contributed by atoms with Gasteiger partial charge in [0.2, 0.25) is 5.91 Å². The van der Waals surface area contributed by atoms with Crippen LogP contribution in [-0.2, 0) is 33.4 Å². The molecule has 152 valence electrons. The zero-order chi connectivity index (χ0) is 20.6. The molecule has 0 fully saturated rings. The SMILES string of the molecule is CCN1CCc2ccc(NC(=O)Cn3c(CS(C)(=O)=O)nc4ccccc43)cc21. The van der Waals surface area contributed by atoms with Crippen LogP contribution in [0.25, 0.3) is 11.0 Å². The van der Waals surface area contributed by atoms with Gasteiger partial charge in [-0.3, -0.25) is 4.79 Å². The monoisotopic (exact) mass is 412 g/mol. The van der Waals surface area contributed by atoms with Crippen LogP contribution in [0.15, 0.2) is 42.5 Å². The third kappa shape index (κ3) is 4.12. The van der Waals surface area contributed by atoms with Crippen LogP contribution < -0.4 is 10.2 Å². The molecule has 7 nitrogen and oxygen atoms in total. The number of nitrogens with zero attached hydrogens (tertiary/aromatic N) is 3. The largest absolute Gasteiger partial charge is 0.371 e. The first-order valence-corrected chi connectivity index (χ1v) is 11.7. The fourth-order valence-corrected chi connectivity index (χ4v) is 4.53. The quantitative estimate of drug-likeness (QED) is 0.673. The van der Waals surface area contributed by atoms with Crippen LogP contribution in [0, 0.1) is 0 Å². The van der Waals surface area contributed by atoms with E-state index in [1.54, 1.807) is 4.57 Å². The van der Waals surface area contributed by atoms with Crippen LogP contribution in [0.2, 0.25) is 0 Å². The number of fused-ring (bicyclic) bond motifs is 2. The average Bonchev–Trinajstić information content (AvgIpc) is 3.21. The molecule has 1 aliphatic rings. The molecule has 1 aliphatic heterocycles. The summed E-state index contributed by atoms with van der Waals surface area (Å²) in [5.41, 5.74) is 4.61. The molecule has 0 saturated carbocycles. The number of benzene rings is 2. The lowest BCUT2D eigenvalue weighted by molar-refractivity contribution is -0.116. The molecular weight excluding hydrogens is 388 g/mol. The summed E-state index contributed by atoms with van der Waals surface area (Å²) in [6.07, 6.45) is 2.19.